The van der Waals surface area contributed by atoms with E-state index in [4.69, 9.17) is 0 Å². The fourth-order valence-corrected chi connectivity index (χ4v) is 4.89. The second kappa shape index (κ2) is 8.94. The van der Waals surface area contributed by atoms with Gasteiger partial charge < -0.3 is 15.4 Å². The number of H-pyrrole nitrogens is 1. The first-order chi connectivity index (χ1) is 16.2. The molecule has 34 heavy (non-hydrogen) atoms. The zero-order chi connectivity index (χ0) is 24.5. The Bertz CT molecular complexity index is 1490. The monoisotopic (exact) mass is 480 g/mol. The predicted molar refractivity (Wildman–Crippen MR) is 122 cm³/mol. The maximum Gasteiger partial charge on any atom is 0.326 e. The minimum Gasteiger partial charge on any atom is -0.480 e. The van der Waals surface area contributed by atoms with Crippen molar-refractivity contribution in [1.29, 1.82) is 0 Å². The highest BCUT2D eigenvalue weighted by molar-refractivity contribution is 7.90. The molecular weight excluding hydrogens is 460 g/mol. The topological polar surface area (TPSA) is 151 Å². The first kappa shape index (κ1) is 22.9. The van der Waals surface area contributed by atoms with Gasteiger partial charge in [0.1, 0.15) is 6.04 Å². The van der Waals surface area contributed by atoms with Gasteiger partial charge in [0.2, 0.25) is 0 Å². The van der Waals surface area contributed by atoms with Gasteiger partial charge in [0, 0.05) is 29.9 Å². The average Bonchev–Trinajstić information content (AvgIpc) is 3.46. The normalized spacial score (nSPS) is 12.4. The zero-order valence-electron chi connectivity index (χ0n) is 17.9. The zero-order valence-corrected chi connectivity index (χ0v) is 18.7. The van der Waals surface area contributed by atoms with Gasteiger partial charge >= 0.3 is 5.97 Å². The number of aromatic nitrogens is 3. The van der Waals surface area contributed by atoms with Crippen molar-refractivity contribution in [2.75, 3.05) is 0 Å². The molecule has 0 saturated heterocycles. The van der Waals surface area contributed by atoms with E-state index in [0.29, 0.717) is 5.69 Å². The summed E-state index contributed by atoms with van der Waals surface area (Å²) in [5.41, 5.74) is 1.40. The molecular formula is C23H20N4O6S. The molecule has 0 fully saturated rings. The molecule has 1 atom stereocenters. The number of Topliss-reactive ketones (excluding diaryl/α,β-unsaturated/α-hetero) is 1. The number of nitrogens with zero attached hydrogens (tertiary/aromatic N) is 2. The minimum atomic E-state index is -4.06. The fraction of sp³-hybridized carbons (Fsp3) is 0.130. The van der Waals surface area contributed by atoms with Crippen LogP contribution in [0.4, 0.5) is 0 Å². The number of carbonyl (C=O) groups is 3. The number of benzene rings is 2. The molecule has 0 unspecified atom stereocenters. The van der Waals surface area contributed by atoms with E-state index in [2.05, 4.69) is 15.3 Å². The van der Waals surface area contributed by atoms with E-state index in [1.54, 1.807) is 24.3 Å². The molecule has 0 spiro atoms. The summed E-state index contributed by atoms with van der Waals surface area (Å²) >= 11 is 0. The van der Waals surface area contributed by atoms with E-state index >= 15 is 0 Å². The summed E-state index contributed by atoms with van der Waals surface area (Å²) in [5.74, 6) is -3.55. The highest BCUT2D eigenvalue weighted by Gasteiger charge is 2.29. The third-order valence-corrected chi connectivity index (χ3v) is 6.98. The van der Waals surface area contributed by atoms with Crippen LogP contribution in [0, 0.1) is 6.92 Å². The van der Waals surface area contributed by atoms with Crippen molar-refractivity contribution < 1.29 is 27.9 Å². The maximum absolute atomic E-state index is 13.3. The van der Waals surface area contributed by atoms with Crippen molar-refractivity contribution in [3.8, 4) is 0 Å². The number of ketones is 1. The van der Waals surface area contributed by atoms with E-state index in [1.807, 2.05) is 6.92 Å². The maximum atomic E-state index is 13.3. The lowest BCUT2D eigenvalue weighted by atomic mass is 10.1. The average molecular weight is 481 g/mol. The van der Waals surface area contributed by atoms with Crippen LogP contribution in [-0.4, -0.2) is 51.2 Å². The molecule has 0 saturated carbocycles. The second-order valence-electron chi connectivity index (χ2n) is 7.65. The number of carboxylic acids is 1. The molecule has 4 rings (SSSR count). The lowest BCUT2D eigenvalue weighted by molar-refractivity contribution is -0.141. The molecule has 0 bridgehead atoms. The Morgan fingerprint density at radius 1 is 1.12 bits per heavy atom. The molecule has 4 aromatic rings. The van der Waals surface area contributed by atoms with Crippen LogP contribution >= 0.6 is 0 Å². The van der Waals surface area contributed by atoms with E-state index in [-0.39, 0.29) is 27.8 Å². The number of rotatable bonds is 8. The standard InChI is InChI=1S/C23H20N4O6S/c1-14-6-8-16(9-7-14)34(32,33)27-12-18(17-4-2-3-5-20(17)27)21(28)22(29)26-19(23(30)31)10-15-11-24-13-25-15/h2-9,11-13,19H,10H2,1H3,(H,24,25)(H,26,29)(H,30,31)/t19-/m0/s1. The first-order valence-electron chi connectivity index (χ1n) is 10.2. The number of carboxylic acid groups (broad SMARTS) is 1. The van der Waals surface area contributed by atoms with Crippen LogP contribution in [0.15, 0.2) is 72.1 Å². The Morgan fingerprint density at radius 3 is 2.47 bits per heavy atom. The van der Waals surface area contributed by atoms with Crippen LogP contribution in [0.3, 0.4) is 0 Å². The Hall–Kier alpha value is -4.25. The number of amides is 1. The number of fused-ring (bicyclic) bond motifs is 1. The Kier molecular flexibility index (Phi) is 6.03. The van der Waals surface area contributed by atoms with E-state index in [1.165, 1.54) is 36.8 Å². The van der Waals surface area contributed by atoms with Gasteiger partial charge in [0.15, 0.2) is 0 Å². The van der Waals surface area contributed by atoms with Crippen LogP contribution in [0.1, 0.15) is 21.6 Å². The van der Waals surface area contributed by atoms with Crippen LogP contribution < -0.4 is 5.32 Å². The molecule has 10 nitrogen and oxygen atoms in total. The molecule has 0 aliphatic heterocycles. The van der Waals surface area contributed by atoms with Crippen molar-refractivity contribution in [1.82, 2.24) is 19.3 Å². The summed E-state index contributed by atoms with van der Waals surface area (Å²) < 4.78 is 27.5. The van der Waals surface area contributed by atoms with Crippen molar-refractivity contribution in [2.24, 2.45) is 0 Å². The smallest absolute Gasteiger partial charge is 0.326 e. The largest absolute Gasteiger partial charge is 0.480 e. The van der Waals surface area contributed by atoms with Crippen LogP contribution in [0.2, 0.25) is 0 Å². The molecule has 3 N–H and O–H groups in total. The van der Waals surface area contributed by atoms with E-state index < -0.39 is 33.7 Å². The third-order valence-electron chi connectivity index (χ3n) is 5.29. The summed E-state index contributed by atoms with van der Waals surface area (Å²) in [4.78, 5) is 43.9. The molecule has 0 radical (unpaired) electrons. The van der Waals surface area contributed by atoms with Gasteiger partial charge in [-0.25, -0.2) is 22.2 Å². The molecule has 2 aromatic heterocycles. The Morgan fingerprint density at radius 2 is 1.82 bits per heavy atom. The molecule has 2 heterocycles. The Balaban J connectivity index is 1.69. The number of aromatic amines is 1. The van der Waals surface area contributed by atoms with E-state index in [0.717, 1.165) is 15.7 Å². The molecule has 0 aliphatic rings. The van der Waals surface area contributed by atoms with Crippen LogP contribution in [-0.2, 0) is 26.0 Å². The number of aryl methyl sites for hydroxylation is 1. The molecule has 2 aromatic carbocycles. The molecule has 174 valence electrons. The van der Waals surface area contributed by atoms with Gasteiger partial charge in [-0.15, -0.1) is 0 Å². The van der Waals surface area contributed by atoms with Gasteiger partial charge in [-0.3, -0.25) is 9.59 Å². The second-order valence-corrected chi connectivity index (χ2v) is 9.46. The summed E-state index contributed by atoms with van der Waals surface area (Å²) in [6.45, 7) is 1.83. The Labute approximate surface area is 194 Å². The molecule has 1 amide bonds. The lowest BCUT2D eigenvalue weighted by Crippen LogP contribution is -2.45. The van der Waals surface area contributed by atoms with Crippen molar-refractivity contribution in [3.05, 3.63) is 84.1 Å². The summed E-state index contributed by atoms with van der Waals surface area (Å²) in [5, 5.41) is 11.9. The highest BCUT2D eigenvalue weighted by Crippen LogP contribution is 2.26. The van der Waals surface area contributed by atoms with Gasteiger partial charge in [0.25, 0.3) is 21.7 Å². The van der Waals surface area contributed by atoms with Crippen molar-refractivity contribution in [3.63, 3.8) is 0 Å². The van der Waals surface area contributed by atoms with Crippen LogP contribution in [0.25, 0.3) is 10.9 Å². The van der Waals surface area contributed by atoms with Crippen LogP contribution in [0.5, 0.6) is 0 Å². The van der Waals surface area contributed by atoms with E-state index in [9.17, 15) is 27.9 Å². The van der Waals surface area contributed by atoms with Crippen molar-refractivity contribution >= 4 is 38.6 Å². The lowest BCUT2D eigenvalue weighted by Gasteiger charge is -2.12. The quantitative estimate of drug-likeness (QED) is 0.257. The van der Waals surface area contributed by atoms with Crippen molar-refractivity contribution in [2.45, 2.75) is 24.3 Å². The molecule has 11 heteroatoms. The number of para-hydroxylation sites is 1. The SMILES string of the molecule is Cc1ccc(S(=O)(=O)n2cc(C(=O)C(=O)N[C@@H](Cc3cnc[nH]3)C(=O)O)c3ccccc32)cc1. The van der Waals surface area contributed by atoms with Gasteiger partial charge in [0.05, 0.1) is 22.3 Å². The summed E-state index contributed by atoms with van der Waals surface area (Å²) in [6, 6.07) is 11.1. The number of nitrogens with one attached hydrogen (secondary N) is 2. The van der Waals surface area contributed by atoms with Gasteiger partial charge in [-0.2, -0.15) is 0 Å². The highest BCUT2D eigenvalue weighted by atomic mass is 32.2. The van der Waals surface area contributed by atoms with Gasteiger partial charge in [-0.05, 0) is 25.1 Å². The fourth-order valence-electron chi connectivity index (χ4n) is 3.52. The number of aliphatic carboxylic acids is 1. The third kappa shape index (κ3) is 4.33. The summed E-state index contributed by atoms with van der Waals surface area (Å²) in [6.07, 6.45) is 3.75. The molecule has 0 aliphatic carbocycles. The van der Waals surface area contributed by atoms with Gasteiger partial charge in [-0.1, -0.05) is 35.9 Å². The summed E-state index contributed by atoms with van der Waals surface area (Å²) in [7, 11) is -4.06. The number of imidazole rings is 1. The number of hydrogen-bond acceptors (Lipinski definition) is 6. The number of carbonyl (C=O) groups excluding carboxylic acids is 2. The predicted octanol–water partition coefficient (Wildman–Crippen LogP) is 1.90. The minimum absolute atomic E-state index is 0.0211. The first-order valence-corrected chi connectivity index (χ1v) is 11.6. The number of hydrogen-bond donors (Lipinski definition) is 3.